The zero-order valence-electron chi connectivity index (χ0n) is 18.4. The first-order valence-corrected chi connectivity index (χ1v) is 11.1. The molecule has 0 unspecified atom stereocenters. The Labute approximate surface area is 200 Å². The summed E-state index contributed by atoms with van der Waals surface area (Å²) in [6, 6.07) is 12.4. The number of nitrogens with zero attached hydrogens (tertiary/aromatic N) is 2. The fraction of sp³-hybridized carbons (Fsp3) is 0.250. The number of morpholine rings is 1. The minimum atomic E-state index is -0.683. The Morgan fingerprint density at radius 3 is 2.21 bits per heavy atom. The summed E-state index contributed by atoms with van der Waals surface area (Å²) < 4.78 is 10.2. The minimum absolute atomic E-state index is 0.0756. The Morgan fingerprint density at radius 1 is 0.971 bits per heavy atom. The number of amides is 3. The van der Waals surface area contributed by atoms with Crippen molar-refractivity contribution < 1.29 is 28.7 Å². The van der Waals surface area contributed by atoms with Gasteiger partial charge < -0.3 is 19.7 Å². The number of imide groups is 1. The standard InChI is InChI=1S/C24H22ClN3O6/c1-2-34-24(32)16-5-9-18(10-6-16)28-22(30)19(25)20(23(28)31)26-17-7-3-15(4-8-17)21(29)27-11-13-33-14-12-27/h3-10,26H,2,11-14H2,1H3. The van der Waals surface area contributed by atoms with Crippen molar-refractivity contribution in [3.05, 3.63) is 70.4 Å². The van der Waals surface area contributed by atoms with Crippen LogP contribution in [0.5, 0.6) is 0 Å². The van der Waals surface area contributed by atoms with Gasteiger partial charge in [0, 0.05) is 24.3 Å². The second kappa shape index (κ2) is 10.1. The van der Waals surface area contributed by atoms with Gasteiger partial charge in [0.1, 0.15) is 10.7 Å². The van der Waals surface area contributed by atoms with E-state index in [-0.39, 0.29) is 28.9 Å². The molecule has 0 aromatic heterocycles. The molecule has 2 aliphatic rings. The van der Waals surface area contributed by atoms with Crippen LogP contribution in [0.3, 0.4) is 0 Å². The highest BCUT2D eigenvalue weighted by atomic mass is 35.5. The second-order valence-corrected chi connectivity index (χ2v) is 7.89. The highest BCUT2D eigenvalue weighted by Gasteiger charge is 2.39. The lowest BCUT2D eigenvalue weighted by molar-refractivity contribution is -0.120. The van der Waals surface area contributed by atoms with E-state index >= 15 is 0 Å². The van der Waals surface area contributed by atoms with E-state index in [1.165, 1.54) is 24.3 Å². The van der Waals surface area contributed by atoms with Gasteiger partial charge in [-0.3, -0.25) is 14.4 Å². The number of esters is 1. The van der Waals surface area contributed by atoms with E-state index in [0.717, 1.165) is 4.90 Å². The Bertz CT molecular complexity index is 1150. The Hall–Kier alpha value is -3.69. The molecule has 0 radical (unpaired) electrons. The minimum Gasteiger partial charge on any atom is -0.462 e. The number of benzene rings is 2. The maximum atomic E-state index is 13.0. The predicted molar refractivity (Wildman–Crippen MR) is 125 cm³/mol. The zero-order chi connectivity index (χ0) is 24.2. The Kier molecular flexibility index (Phi) is 6.95. The van der Waals surface area contributed by atoms with Gasteiger partial charge in [-0.15, -0.1) is 0 Å². The lowest BCUT2D eigenvalue weighted by Gasteiger charge is -2.26. The lowest BCUT2D eigenvalue weighted by Crippen LogP contribution is -2.40. The van der Waals surface area contributed by atoms with Crippen LogP contribution in [0.4, 0.5) is 11.4 Å². The van der Waals surface area contributed by atoms with Gasteiger partial charge in [0.05, 0.1) is 31.1 Å². The molecule has 34 heavy (non-hydrogen) atoms. The zero-order valence-corrected chi connectivity index (χ0v) is 19.1. The van der Waals surface area contributed by atoms with Crippen molar-refractivity contribution >= 4 is 46.7 Å². The van der Waals surface area contributed by atoms with Crippen LogP contribution >= 0.6 is 11.6 Å². The van der Waals surface area contributed by atoms with Gasteiger partial charge >= 0.3 is 5.97 Å². The Morgan fingerprint density at radius 2 is 1.59 bits per heavy atom. The summed E-state index contributed by atoms with van der Waals surface area (Å²) in [7, 11) is 0. The molecule has 176 valence electrons. The summed E-state index contributed by atoms with van der Waals surface area (Å²) >= 11 is 6.18. The number of anilines is 2. The molecule has 2 aromatic rings. The maximum absolute atomic E-state index is 13.0. The van der Waals surface area contributed by atoms with Gasteiger partial charge in [-0.1, -0.05) is 11.6 Å². The monoisotopic (exact) mass is 483 g/mol. The van der Waals surface area contributed by atoms with Crippen molar-refractivity contribution in [2.24, 2.45) is 0 Å². The molecule has 10 heteroatoms. The molecule has 1 N–H and O–H groups in total. The number of carbonyl (C=O) groups excluding carboxylic acids is 4. The van der Waals surface area contributed by atoms with Gasteiger partial charge in [-0.2, -0.15) is 0 Å². The van der Waals surface area contributed by atoms with Crippen LogP contribution in [-0.2, 0) is 19.1 Å². The first-order valence-electron chi connectivity index (χ1n) is 10.7. The molecular weight excluding hydrogens is 462 g/mol. The number of hydrogen-bond donors (Lipinski definition) is 1. The average Bonchev–Trinajstić information content (AvgIpc) is 3.08. The highest BCUT2D eigenvalue weighted by molar-refractivity contribution is 6.53. The summed E-state index contributed by atoms with van der Waals surface area (Å²) in [5, 5.41) is 2.62. The van der Waals surface area contributed by atoms with E-state index in [9.17, 15) is 19.2 Å². The fourth-order valence-corrected chi connectivity index (χ4v) is 3.81. The summed E-state index contributed by atoms with van der Waals surface area (Å²) in [4.78, 5) is 52.7. The van der Waals surface area contributed by atoms with Crippen molar-refractivity contribution in [1.29, 1.82) is 0 Å². The molecule has 9 nitrogen and oxygen atoms in total. The third-order valence-electron chi connectivity index (χ3n) is 5.36. The highest BCUT2D eigenvalue weighted by Crippen LogP contribution is 2.30. The first-order chi connectivity index (χ1) is 16.4. The first kappa shape index (κ1) is 23.5. The van der Waals surface area contributed by atoms with Gasteiger partial charge in [0.15, 0.2) is 0 Å². The molecule has 0 aliphatic carbocycles. The summed E-state index contributed by atoms with van der Waals surface area (Å²) in [6.07, 6.45) is 0. The molecule has 0 saturated carbocycles. The average molecular weight is 484 g/mol. The van der Waals surface area contributed by atoms with E-state index in [1.54, 1.807) is 36.1 Å². The fourth-order valence-electron chi connectivity index (χ4n) is 3.60. The normalized spacial score (nSPS) is 16.2. The maximum Gasteiger partial charge on any atom is 0.338 e. The molecule has 2 aromatic carbocycles. The number of halogens is 1. The van der Waals surface area contributed by atoms with Gasteiger partial charge in [-0.05, 0) is 55.5 Å². The third kappa shape index (κ3) is 4.66. The molecule has 2 aliphatic heterocycles. The largest absolute Gasteiger partial charge is 0.462 e. The van der Waals surface area contributed by atoms with Gasteiger partial charge in [0.2, 0.25) is 0 Å². The molecular formula is C24H22ClN3O6. The van der Waals surface area contributed by atoms with Crippen LogP contribution in [0.15, 0.2) is 59.3 Å². The molecule has 2 heterocycles. The predicted octanol–water partition coefficient (Wildman–Crippen LogP) is 2.77. The van der Waals surface area contributed by atoms with E-state index in [4.69, 9.17) is 21.1 Å². The van der Waals surface area contributed by atoms with Crippen LogP contribution in [0.2, 0.25) is 0 Å². The molecule has 4 rings (SSSR count). The van der Waals surface area contributed by atoms with Crippen LogP contribution in [0.25, 0.3) is 0 Å². The molecule has 0 spiro atoms. The third-order valence-corrected chi connectivity index (χ3v) is 5.71. The van der Waals surface area contributed by atoms with E-state index in [1.807, 2.05) is 0 Å². The molecule has 3 amide bonds. The SMILES string of the molecule is CCOC(=O)c1ccc(N2C(=O)C(Cl)=C(Nc3ccc(C(=O)N4CCOCC4)cc3)C2=O)cc1. The second-order valence-electron chi connectivity index (χ2n) is 7.51. The van der Waals surface area contributed by atoms with Crippen LogP contribution in [-0.4, -0.2) is 61.5 Å². The van der Waals surface area contributed by atoms with Crippen molar-refractivity contribution in [3.63, 3.8) is 0 Å². The summed E-state index contributed by atoms with van der Waals surface area (Å²) in [6.45, 7) is 4.03. The van der Waals surface area contributed by atoms with Crippen molar-refractivity contribution in [1.82, 2.24) is 4.90 Å². The molecule has 1 fully saturated rings. The molecule has 0 bridgehead atoms. The number of hydrogen-bond acceptors (Lipinski definition) is 7. The number of nitrogens with one attached hydrogen (secondary N) is 1. The van der Waals surface area contributed by atoms with E-state index in [2.05, 4.69) is 5.32 Å². The van der Waals surface area contributed by atoms with Crippen molar-refractivity contribution in [3.8, 4) is 0 Å². The number of ether oxygens (including phenoxy) is 2. The quantitative estimate of drug-likeness (QED) is 0.497. The smallest absolute Gasteiger partial charge is 0.338 e. The van der Waals surface area contributed by atoms with Crippen molar-refractivity contribution in [2.75, 3.05) is 43.1 Å². The van der Waals surface area contributed by atoms with Crippen LogP contribution in [0.1, 0.15) is 27.6 Å². The topological polar surface area (TPSA) is 105 Å². The number of rotatable bonds is 6. The lowest BCUT2D eigenvalue weighted by atomic mass is 10.1. The van der Waals surface area contributed by atoms with Gasteiger partial charge in [-0.25, -0.2) is 9.69 Å². The summed E-state index contributed by atoms with van der Waals surface area (Å²) in [5.41, 5.74) is 1.49. The van der Waals surface area contributed by atoms with Crippen molar-refractivity contribution in [2.45, 2.75) is 6.92 Å². The van der Waals surface area contributed by atoms with Crippen LogP contribution < -0.4 is 10.2 Å². The summed E-state index contributed by atoms with van der Waals surface area (Å²) in [5.74, 6) is -1.91. The van der Waals surface area contributed by atoms with E-state index in [0.29, 0.717) is 43.1 Å². The van der Waals surface area contributed by atoms with Crippen LogP contribution in [0, 0.1) is 0 Å². The van der Waals surface area contributed by atoms with Gasteiger partial charge in [0.25, 0.3) is 17.7 Å². The Balaban J connectivity index is 1.46. The number of carbonyl (C=O) groups is 4. The molecule has 0 atom stereocenters. The van der Waals surface area contributed by atoms with E-state index < -0.39 is 17.8 Å². The molecule has 1 saturated heterocycles.